The van der Waals surface area contributed by atoms with Crippen LogP contribution >= 0.6 is 0 Å². The number of urea groups is 1. The van der Waals surface area contributed by atoms with Crippen molar-refractivity contribution in [1.29, 1.82) is 0 Å². The number of nitrogens with one attached hydrogen (secondary N) is 2. The van der Waals surface area contributed by atoms with Gasteiger partial charge in [0.2, 0.25) is 0 Å². The number of rotatable bonds is 5. The molecule has 0 heterocycles. The Balaban J connectivity index is 1.86. The third-order valence-electron chi connectivity index (χ3n) is 3.72. The highest BCUT2D eigenvalue weighted by molar-refractivity contribution is 5.89. The van der Waals surface area contributed by atoms with Gasteiger partial charge < -0.3 is 20.5 Å². The minimum atomic E-state index is -0.444. The maximum atomic E-state index is 12.0. The molecule has 3 N–H and O–H groups in total. The van der Waals surface area contributed by atoms with Gasteiger partial charge in [-0.2, -0.15) is 0 Å². The van der Waals surface area contributed by atoms with Crippen LogP contribution in [0.1, 0.15) is 39.5 Å². The van der Waals surface area contributed by atoms with Crippen molar-refractivity contribution < 1.29 is 14.6 Å². The lowest BCUT2D eigenvalue weighted by Gasteiger charge is -2.28. The van der Waals surface area contributed by atoms with Gasteiger partial charge in [0.25, 0.3) is 0 Å². The summed E-state index contributed by atoms with van der Waals surface area (Å²) in [4.78, 5) is 12.0. The topological polar surface area (TPSA) is 70.6 Å². The number of hydrogen-bond acceptors (Lipinski definition) is 3. The first kappa shape index (κ1) is 16.6. The summed E-state index contributed by atoms with van der Waals surface area (Å²) in [5, 5.41) is 15.5. The monoisotopic (exact) mass is 306 g/mol. The van der Waals surface area contributed by atoms with Gasteiger partial charge in [-0.15, -0.1) is 0 Å². The number of aliphatic hydroxyl groups is 1. The van der Waals surface area contributed by atoms with Gasteiger partial charge >= 0.3 is 6.03 Å². The molecule has 122 valence electrons. The number of anilines is 1. The van der Waals surface area contributed by atoms with Crippen LogP contribution < -0.4 is 15.4 Å². The highest BCUT2D eigenvalue weighted by Crippen LogP contribution is 2.20. The average Bonchev–Trinajstić information content (AvgIpc) is 2.48. The molecule has 2 amide bonds. The van der Waals surface area contributed by atoms with Crippen LogP contribution in [0, 0.1) is 5.92 Å². The highest BCUT2D eigenvalue weighted by Gasteiger charge is 2.24. The normalized spacial score (nSPS) is 21.5. The molecule has 0 spiro atoms. The van der Waals surface area contributed by atoms with Gasteiger partial charge in [0, 0.05) is 11.8 Å². The number of hydrogen-bond donors (Lipinski definition) is 3. The second kappa shape index (κ2) is 8.03. The van der Waals surface area contributed by atoms with E-state index in [1.165, 1.54) is 0 Å². The van der Waals surface area contributed by atoms with Crippen LogP contribution in [0.5, 0.6) is 5.75 Å². The standard InChI is InChI=1S/C17H26N2O3/c1-12(2)11-22-14-7-5-6-13(10-14)18-17(21)19-15-8-3-4-9-16(15)20/h5-7,10,12,15-16,20H,3-4,8-9,11H2,1-2H3,(H2,18,19,21). The molecule has 0 radical (unpaired) electrons. The first-order valence-electron chi connectivity index (χ1n) is 8.03. The molecule has 1 aromatic carbocycles. The number of benzene rings is 1. The van der Waals surface area contributed by atoms with E-state index in [0.717, 1.165) is 31.4 Å². The average molecular weight is 306 g/mol. The van der Waals surface area contributed by atoms with E-state index in [9.17, 15) is 9.90 Å². The van der Waals surface area contributed by atoms with Crippen molar-refractivity contribution in [3.05, 3.63) is 24.3 Å². The van der Waals surface area contributed by atoms with E-state index in [-0.39, 0.29) is 12.1 Å². The van der Waals surface area contributed by atoms with Crippen LogP contribution in [0.4, 0.5) is 10.5 Å². The van der Waals surface area contributed by atoms with E-state index >= 15 is 0 Å². The Morgan fingerprint density at radius 3 is 2.86 bits per heavy atom. The van der Waals surface area contributed by atoms with Gasteiger partial charge in [-0.25, -0.2) is 4.79 Å². The lowest BCUT2D eigenvalue weighted by Crippen LogP contribution is -2.46. The van der Waals surface area contributed by atoms with E-state index in [4.69, 9.17) is 4.74 Å². The predicted octanol–water partition coefficient (Wildman–Crippen LogP) is 3.15. The molecule has 0 bridgehead atoms. The molecular weight excluding hydrogens is 280 g/mol. The number of carbonyl (C=O) groups is 1. The van der Waals surface area contributed by atoms with E-state index in [1.54, 1.807) is 6.07 Å². The summed E-state index contributed by atoms with van der Waals surface area (Å²) in [6.07, 6.45) is 3.20. The van der Waals surface area contributed by atoms with Crippen molar-refractivity contribution in [2.24, 2.45) is 5.92 Å². The Hall–Kier alpha value is -1.75. The van der Waals surface area contributed by atoms with E-state index < -0.39 is 6.10 Å². The van der Waals surface area contributed by atoms with Crippen LogP contribution in [-0.4, -0.2) is 29.9 Å². The molecule has 5 heteroatoms. The van der Waals surface area contributed by atoms with Gasteiger partial charge in [-0.3, -0.25) is 0 Å². The molecule has 1 aliphatic carbocycles. The molecule has 5 nitrogen and oxygen atoms in total. The van der Waals surface area contributed by atoms with Gasteiger partial charge in [-0.05, 0) is 30.9 Å². The Morgan fingerprint density at radius 1 is 1.36 bits per heavy atom. The molecule has 2 unspecified atom stereocenters. The van der Waals surface area contributed by atoms with Crippen molar-refractivity contribution in [1.82, 2.24) is 5.32 Å². The summed E-state index contributed by atoms with van der Waals surface area (Å²) in [5.41, 5.74) is 0.684. The predicted molar refractivity (Wildman–Crippen MR) is 87.2 cm³/mol. The van der Waals surface area contributed by atoms with Gasteiger partial charge in [0.05, 0.1) is 18.8 Å². The van der Waals surface area contributed by atoms with Gasteiger partial charge in [0.1, 0.15) is 5.75 Å². The molecule has 2 atom stereocenters. The Kier molecular flexibility index (Phi) is 6.07. The second-order valence-corrected chi connectivity index (χ2v) is 6.29. The minimum Gasteiger partial charge on any atom is -0.493 e. The molecule has 0 aliphatic heterocycles. The maximum Gasteiger partial charge on any atom is 0.319 e. The maximum absolute atomic E-state index is 12.0. The fraction of sp³-hybridized carbons (Fsp3) is 0.588. The van der Waals surface area contributed by atoms with E-state index in [2.05, 4.69) is 24.5 Å². The van der Waals surface area contributed by atoms with Crippen molar-refractivity contribution in [2.75, 3.05) is 11.9 Å². The number of amides is 2. The number of ether oxygens (including phenoxy) is 1. The Labute approximate surface area is 132 Å². The third-order valence-corrected chi connectivity index (χ3v) is 3.72. The van der Waals surface area contributed by atoms with Crippen molar-refractivity contribution in [2.45, 2.75) is 51.7 Å². The zero-order chi connectivity index (χ0) is 15.9. The quantitative estimate of drug-likeness (QED) is 0.782. The summed E-state index contributed by atoms with van der Waals surface area (Å²) in [5.74, 6) is 1.19. The second-order valence-electron chi connectivity index (χ2n) is 6.29. The summed E-state index contributed by atoms with van der Waals surface area (Å²) < 4.78 is 5.64. The molecule has 1 aliphatic rings. The van der Waals surface area contributed by atoms with Crippen LogP contribution in [0.15, 0.2) is 24.3 Å². The van der Waals surface area contributed by atoms with Crippen molar-refractivity contribution >= 4 is 11.7 Å². The summed E-state index contributed by atoms with van der Waals surface area (Å²) in [7, 11) is 0. The zero-order valence-electron chi connectivity index (χ0n) is 13.3. The van der Waals surface area contributed by atoms with E-state index in [0.29, 0.717) is 18.2 Å². The Morgan fingerprint density at radius 2 is 2.14 bits per heavy atom. The summed E-state index contributed by atoms with van der Waals surface area (Å²) in [6, 6.07) is 6.90. The third kappa shape index (κ3) is 5.22. The highest BCUT2D eigenvalue weighted by atomic mass is 16.5. The zero-order valence-corrected chi connectivity index (χ0v) is 13.3. The van der Waals surface area contributed by atoms with Crippen LogP contribution in [0.25, 0.3) is 0 Å². The molecular formula is C17H26N2O3. The number of aliphatic hydroxyl groups excluding tert-OH is 1. The summed E-state index contributed by atoms with van der Waals surface area (Å²) >= 11 is 0. The molecule has 0 aromatic heterocycles. The largest absolute Gasteiger partial charge is 0.493 e. The first-order valence-corrected chi connectivity index (χ1v) is 8.03. The van der Waals surface area contributed by atoms with E-state index in [1.807, 2.05) is 18.2 Å². The summed E-state index contributed by atoms with van der Waals surface area (Å²) in [6.45, 7) is 4.82. The van der Waals surface area contributed by atoms with Crippen LogP contribution in [0.3, 0.4) is 0 Å². The molecule has 0 saturated heterocycles. The lowest BCUT2D eigenvalue weighted by molar-refractivity contribution is 0.0955. The Bertz CT molecular complexity index is 491. The minimum absolute atomic E-state index is 0.158. The van der Waals surface area contributed by atoms with Crippen molar-refractivity contribution in [3.8, 4) is 5.75 Å². The lowest BCUT2D eigenvalue weighted by atomic mass is 9.93. The molecule has 22 heavy (non-hydrogen) atoms. The first-order chi connectivity index (χ1) is 10.5. The fourth-order valence-electron chi connectivity index (χ4n) is 2.54. The fourth-order valence-corrected chi connectivity index (χ4v) is 2.54. The van der Waals surface area contributed by atoms with Gasteiger partial charge in [0.15, 0.2) is 0 Å². The van der Waals surface area contributed by atoms with Crippen molar-refractivity contribution in [3.63, 3.8) is 0 Å². The SMILES string of the molecule is CC(C)COc1cccc(NC(=O)NC2CCCCC2O)c1. The molecule has 1 saturated carbocycles. The molecule has 1 fully saturated rings. The molecule has 1 aromatic rings. The number of carbonyl (C=O) groups excluding carboxylic acids is 1. The molecule has 2 rings (SSSR count). The smallest absolute Gasteiger partial charge is 0.319 e. The van der Waals surface area contributed by atoms with Gasteiger partial charge in [-0.1, -0.05) is 32.8 Å². The van der Waals surface area contributed by atoms with Crippen LogP contribution in [0.2, 0.25) is 0 Å². The van der Waals surface area contributed by atoms with Crippen LogP contribution in [-0.2, 0) is 0 Å².